The van der Waals surface area contributed by atoms with Crippen molar-refractivity contribution >= 4 is 27.6 Å². The second-order valence-corrected chi connectivity index (χ2v) is 8.66. The second-order valence-electron chi connectivity index (χ2n) is 6.98. The van der Waals surface area contributed by atoms with Gasteiger partial charge in [-0.15, -0.1) is 0 Å². The summed E-state index contributed by atoms with van der Waals surface area (Å²) in [5.41, 5.74) is 2.22. The molecule has 0 saturated carbocycles. The SMILES string of the molecule is Cc1ccc(NS(=O)(=O)c2ccc(C(=O)OCC(=O)NCc3ccc(F)cc3)cc2)cc1. The van der Waals surface area contributed by atoms with E-state index in [0.29, 0.717) is 11.3 Å². The summed E-state index contributed by atoms with van der Waals surface area (Å²) in [7, 11) is -3.82. The number of rotatable bonds is 8. The fourth-order valence-electron chi connectivity index (χ4n) is 2.67. The van der Waals surface area contributed by atoms with Crippen LogP contribution in [0.1, 0.15) is 21.5 Å². The molecule has 0 unspecified atom stereocenters. The van der Waals surface area contributed by atoms with Gasteiger partial charge in [-0.05, 0) is 61.0 Å². The highest BCUT2D eigenvalue weighted by molar-refractivity contribution is 7.92. The van der Waals surface area contributed by atoms with Gasteiger partial charge in [-0.2, -0.15) is 0 Å². The number of esters is 1. The Morgan fingerprint density at radius 3 is 2.16 bits per heavy atom. The maximum atomic E-state index is 12.9. The van der Waals surface area contributed by atoms with Crippen molar-refractivity contribution in [3.8, 4) is 0 Å². The van der Waals surface area contributed by atoms with Crippen molar-refractivity contribution in [1.29, 1.82) is 0 Å². The highest BCUT2D eigenvalue weighted by Gasteiger charge is 2.16. The van der Waals surface area contributed by atoms with Crippen LogP contribution in [0, 0.1) is 12.7 Å². The fourth-order valence-corrected chi connectivity index (χ4v) is 3.73. The summed E-state index contributed by atoms with van der Waals surface area (Å²) in [4.78, 5) is 24.0. The zero-order valence-electron chi connectivity index (χ0n) is 17.2. The van der Waals surface area contributed by atoms with Crippen LogP contribution >= 0.6 is 0 Å². The number of hydrogen-bond acceptors (Lipinski definition) is 5. The quantitative estimate of drug-likeness (QED) is 0.506. The molecule has 3 rings (SSSR count). The Labute approximate surface area is 185 Å². The van der Waals surface area contributed by atoms with Gasteiger partial charge in [0.05, 0.1) is 10.5 Å². The third-order valence-corrected chi connectivity index (χ3v) is 5.84. The highest BCUT2D eigenvalue weighted by Crippen LogP contribution is 2.17. The molecule has 0 aromatic heterocycles. The molecule has 0 radical (unpaired) electrons. The third-order valence-electron chi connectivity index (χ3n) is 4.44. The van der Waals surface area contributed by atoms with E-state index in [1.54, 1.807) is 24.3 Å². The molecule has 0 bridgehead atoms. The zero-order chi connectivity index (χ0) is 23.1. The van der Waals surface area contributed by atoms with E-state index in [-0.39, 0.29) is 22.8 Å². The normalized spacial score (nSPS) is 10.9. The number of ether oxygens (including phenoxy) is 1. The van der Waals surface area contributed by atoms with Crippen LogP contribution in [-0.2, 0) is 26.1 Å². The van der Waals surface area contributed by atoms with Gasteiger partial charge in [-0.3, -0.25) is 9.52 Å². The van der Waals surface area contributed by atoms with Crippen LogP contribution in [0.5, 0.6) is 0 Å². The minimum atomic E-state index is -3.82. The number of sulfonamides is 1. The Hall–Kier alpha value is -3.72. The van der Waals surface area contributed by atoms with Crippen molar-refractivity contribution in [2.45, 2.75) is 18.4 Å². The van der Waals surface area contributed by atoms with Crippen molar-refractivity contribution in [3.05, 3.63) is 95.3 Å². The molecule has 0 heterocycles. The first kappa shape index (κ1) is 23.0. The van der Waals surface area contributed by atoms with Gasteiger partial charge in [0.2, 0.25) is 0 Å². The van der Waals surface area contributed by atoms with Crippen LogP contribution in [0.3, 0.4) is 0 Å². The fraction of sp³-hybridized carbons (Fsp3) is 0.130. The van der Waals surface area contributed by atoms with E-state index in [9.17, 15) is 22.4 Å². The lowest BCUT2D eigenvalue weighted by molar-refractivity contribution is -0.124. The lowest BCUT2D eigenvalue weighted by Gasteiger charge is -2.09. The molecule has 32 heavy (non-hydrogen) atoms. The summed E-state index contributed by atoms with van der Waals surface area (Å²) in [6.07, 6.45) is 0. The van der Waals surface area contributed by atoms with Gasteiger partial charge in [0.25, 0.3) is 15.9 Å². The number of amides is 1. The molecular weight excluding hydrogens is 435 g/mol. The van der Waals surface area contributed by atoms with Crippen LogP contribution in [0.25, 0.3) is 0 Å². The molecule has 0 aliphatic rings. The Morgan fingerprint density at radius 2 is 1.53 bits per heavy atom. The van der Waals surface area contributed by atoms with Gasteiger partial charge >= 0.3 is 5.97 Å². The van der Waals surface area contributed by atoms with Crippen molar-refractivity contribution in [1.82, 2.24) is 5.32 Å². The first-order chi connectivity index (χ1) is 15.2. The molecule has 1 amide bonds. The maximum Gasteiger partial charge on any atom is 0.338 e. The number of halogens is 1. The molecule has 3 aromatic rings. The average molecular weight is 456 g/mol. The summed E-state index contributed by atoms with van der Waals surface area (Å²) in [6, 6.07) is 17.7. The second kappa shape index (κ2) is 10.1. The molecule has 166 valence electrons. The predicted molar refractivity (Wildman–Crippen MR) is 117 cm³/mol. The lowest BCUT2D eigenvalue weighted by atomic mass is 10.2. The van der Waals surface area contributed by atoms with E-state index in [0.717, 1.165) is 5.56 Å². The molecule has 3 aromatic carbocycles. The number of anilines is 1. The number of aryl methyl sites for hydroxylation is 1. The van der Waals surface area contributed by atoms with Crippen molar-refractivity contribution in [3.63, 3.8) is 0 Å². The standard InChI is InChI=1S/C23H21FN2O5S/c1-16-2-10-20(11-3-16)26-32(29,30)21-12-6-18(7-13-21)23(28)31-15-22(27)25-14-17-4-8-19(24)9-5-17/h2-13,26H,14-15H2,1H3,(H,25,27). The van der Waals surface area contributed by atoms with Gasteiger partial charge in [0, 0.05) is 12.2 Å². The van der Waals surface area contributed by atoms with Crippen LogP contribution in [-0.4, -0.2) is 26.9 Å². The van der Waals surface area contributed by atoms with Crippen LogP contribution in [0.15, 0.2) is 77.7 Å². The molecule has 7 nitrogen and oxygen atoms in total. The van der Waals surface area contributed by atoms with E-state index >= 15 is 0 Å². The smallest absolute Gasteiger partial charge is 0.338 e. The molecule has 0 fully saturated rings. The number of carbonyl (C=O) groups excluding carboxylic acids is 2. The van der Waals surface area contributed by atoms with E-state index in [2.05, 4.69) is 10.0 Å². The summed E-state index contributed by atoms with van der Waals surface area (Å²) in [6.45, 7) is 1.55. The van der Waals surface area contributed by atoms with Crippen LogP contribution in [0.4, 0.5) is 10.1 Å². The van der Waals surface area contributed by atoms with Gasteiger partial charge in [-0.1, -0.05) is 29.8 Å². The zero-order valence-corrected chi connectivity index (χ0v) is 18.0. The Bertz CT molecular complexity index is 1190. The predicted octanol–water partition coefficient (Wildman–Crippen LogP) is 3.41. The van der Waals surface area contributed by atoms with Crippen molar-refractivity contribution in [2.24, 2.45) is 0 Å². The Balaban J connectivity index is 1.52. The van der Waals surface area contributed by atoms with Crippen LogP contribution < -0.4 is 10.0 Å². The average Bonchev–Trinajstić information content (AvgIpc) is 2.78. The van der Waals surface area contributed by atoms with E-state index in [4.69, 9.17) is 4.74 Å². The van der Waals surface area contributed by atoms with Crippen LogP contribution in [0.2, 0.25) is 0 Å². The molecular formula is C23H21FN2O5S. The minimum Gasteiger partial charge on any atom is -0.452 e. The number of hydrogen-bond donors (Lipinski definition) is 2. The molecule has 0 saturated heterocycles. The molecule has 0 atom stereocenters. The first-order valence-electron chi connectivity index (χ1n) is 9.61. The molecule has 0 aliphatic heterocycles. The monoisotopic (exact) mass is 456 g/mol. The van der Waals surface area contributed by atoms with Gasteiger partial charge in [-0.25, -0.2) is 17.6 Å². The van der Waals surface area contributed by atoms with E-state index in [1.165, 1.54) is 48.5 Å². The number of nitrogens with one attached hydrogen (secondary N) is 2. The summed E-state index contributed by atoms with van der Waals surface area (Å²) in [5.74, 6) is -1.67. The molecule has 0 spiro atoms. The summed E-state index contributed by atoms with van der Waals surface area (Å²) >= 11 is 0. The number of carbonyl (C=O) groups is 2. The van der Waals surface area contributed by atoms with E-state index < -0.39 is 28.5 Å². The summed E-state index contributed by atoms with van der Waals surface area (Å²) < 4.78 is 45.3. The highest BCUT2D eigenvalue weighted by atomic mass is 32.2. The van der Waals surface area contributed by atoms with E-state index in [1.807, 2.05) is 6.92 Å². The molecule has 0 aliphatic carbocycles. The lowest BCUT2D eigenvalue weighted by Crippen LogP contribution is -2.28. The van der Waals surface area contributed by atoms with Gasteiger partial charge in [0.15, 0.2) is 6.61 Å². The topological polar surface area (TPSA) is 102 Å². The number of benzene rings is 3. The summed E-state index contributed by atoms with van der Waals surface area (Å²) in [5, 5.41) is 2.55. The Morgan fingerprint density at radius 1 is 0.906 bits per heavy atom. The third kappa shape index (κ3) is 6.39. The van der Waals surface area contributed by atoms with Gasteiger partial charge in [0.1, 0.15) is 5.82 Å². The molecule has 2 N–H and O–H groups in total. The maximum absolute atomic E-state index is 12.9. The minimum absolute atomic E-state index is 0.0216. The van der Waals surface area contributed by atoms with Crippen molar-refractivity contribution < 1.29 is 27.1 Å². The first-order valence-corrected chi connectivity index (χ1v) is 11.1. The van der Waals surface area contributed by atoms with Gasteiger partial charge < -0.3 is 10.1 Å². The molecule has 9 heteroatoms. The Kier molecular flexibility index (Phi) is 7.21. The largest absolute Gasteiger partial charge is 0.452 e. The van der Waals surface area contributed by atoms with Crippen molar-refractivity contribution in [2.75, 3.05) is 11.3 Å².